The lowest BCUT2D eigenvalue weighted by Crippen LogP contribution is -2.28. The first-order valence-corrected chi connectivity index (χ1v) is 8.52. The van der Waals surface area contributed by atoms with E-state index in [4.69, 9.17) is 11.6 Å². The van der Waals surface area contributed by atoms with Crippen LogP contribution in [0.5, 0.6) is 0 Å². The lowest BCUT2D eigenvalue weighted by atomic mass is 10.1. The Labute approximate surface area is 111 Å². The Balaban J connectivity index is 2.19. The maximum absolute atomic E-state index is 12.3. The molecular formula is C11H16ClNO2S2. The third-order valence-corrected chi connectivity index (χ3v) is 7.05. The summed E-state index contributed by atoms with van der Waals surface area (Å²) in [4.78, 5) is 0.900. The summed E-state index contributed by atoms with van der Waals surface area (Å²) in [5.41, 5.74) is 0. The second kappa shape index (κ2) is 5.26. The van der Waals surface area contributed by atoms with Crippen molar-refractivity contribution >= 4 is 33.0 Å². The van der Waals surface area contributed by atoms with Crippen LogP contribution in [0.15, 0.2) is 16.3 Å². The molecule has 3 nitrogen and oxygen atoms in total. The fourth-order valence-electron chi connectivity index (χ4n) is 2.04. The predicted octanol–water partition coefficient (Wildman–Crippen LogP) is 2.91. The van der Waals surface area contributed by atoms with Crippen LogP contribution >= 0.6 is 22.9 Å². The van der Waals surface area contributed by atoms with E-state index in [9.17, 15) is 8.42 Å². The van der Waals surface area contributed by atoms with Crippen molar-refractivity contribution in [2.75, 3.05) is 13.1 Å². The smallest absolute Gasteiger partial charge is 0.206 e. The number of hydrogen-bond donors (Lipinski definition) is 0. The van der Waals surface area contributed by atoms with E-state index in [2.05, 4.69) is 6.92 Å². The molecule has 1 aliphatic heterocycles. The molecule has 6 heteroatoms. The van der Waals surface area contributed by atoms with Crippen LogP contribution in [0.25, 0.3) is 0 Å². The summed E-state index contributed by atoms with van der Waals surface area (Å²) in [5.74, 6) is 0.884. The van der Waals surface area contributed by atoms with E-state index < -0.39 is 10.0 Å². The second-order valence-electron chi connectivity index (χ2n) is 4.28. The lowest BCUT2D eigenvalue weighted by Gasteiger charge is -2.14. The molecule has 1 saturated heterocycles. The number of alkyl halides is 1. The average molecular weight is 294 g/mol. The van der Waals surface area contributed by atoms with E-state index in [0.29, 0.717) is 29.1 Å². The first kappa shape index (κ1) is 13.3. The molecule has 17 heavy (non-hydrogen) atoms. The molecule has 1 unspecified atom stereocenters. The van der Waals surface area contributed by atoms with E-state index in [-0.39, 0.29) is 0 Å². The minimum absolute atomic E-state index is 0.373. The van der Waals surface area contributed by atoms with Gasteiger partial charge in [-0.15, -0.1) is 22.9 Å². The van der Waals surface area contributed by atoms with Gasteiger partial charge < -0.3 is 0 Å². The first-order chi connectivity index (χ1) is 8.07. The van der Waals surface area contributed by atoms with Gasteiger partial charge in [-0.2, -0.15) is 4.31 Å². The Hall–Kier alpha value is -0.100. The van der Waals surface area contributed by atoms with Gasteiger partial charge in [0.25, 0.3) is 10.0 Å². The highest BCUT2D eigenvalue weighted by atomic mass is 35.5. The normalized spacial score (nSPS) is 22.1. The molecule has 1 aliphatic rings. The van der Waals surface area contributed by atoms with Gasteiger partial charge in [0.1, 0.15) is 4.21 Å². The molecule has 2 rings (SSSR count). The molecule has 0 bridgehead atoms. The summed E-state index contributed by atoms with van der Waals surface area (Å²) in [5, 5.41) is 0. The van der Waals surface area contributed by atoms with Crippen molar-refractivity contribution in [2.24, 2.45) is 5.92 Å². The number of thiophene rings is 1. The molecule has 0 amide bonds. The van der Waals surface area contributed by atoms with Crippen molar-refractivity contribution in [3.63, 3.8) is 0 Å². The highest BCUT2D eigenvalue weighted by molar-refractivity contribution is 7.91. The van der Waals surface area contributed by atoms with Crippen LogP contribution in [-0.2, 0) is 15.9 Å². The van der Waals surface area contributed by atoms with E-state index >= 15 is 0 Å². The van der Waals surface area contributed by atoms with Crippen LogP contribution in [0.3, 0.4) is 0 Å². The number of hydrogen-bond acceptors (Lipinski definition) is 3. The molecular weight excluding hydrogens is 278 g/mol. The van der Waals surface area contributed by atoms with Crippen molar-refractivity contribution in [3.8, 4) is 0 Å². The zero-order valence-electron chi connectivity index (χ0n) is 9.73. The van der Waals surface area contributed by atoms with Crippen LogP contribution in [-0.4, -0.2) is 25.8 Å². The monoisotopic (exact) mass is 293 g/mol. The van der Waals surface area contributed by atoms with Gasteiger partial charge in [-0.25, -0.2) is 8.42 Å². The van der Waals surface area contributed by atoms with Crippen molar-refractivity contribution in [1.82, 2.24) is 4.31 Å². The Morgan fingerprint density at radius 1 is 1.53 bits per heavy atom. The Morgan fingerprint density at radius 2 is 2.29 bits per heavy atom. The third-order valence-electron chi connectivity index (χ3n) is 3.19. The maximum atomic E-state index is 12.3. The molecule has 1 aromatic heterocycles. The molecule has 0 radical (unpaired) electrons. The Bertz CT molecular complexity index is 483. The van der Waals surface area contributed by atoms with Gasteiger partial charge in [-0.1, -0.05) is 13.3 Å². The standard InChI is InChI=1S/C11H16ClNO2S2/c1-2-9-5-6-13(8-9)17(14,15)11-4-3-10(7-12)16-11/h3-4,9H,2,5-8H2,1H3. The summed E-state index contributed by atoms with van der Waals surface area (Å²) < 4.78 is 26.7. The molecule has 0 spiro atoms. The highest BCUT2D eigenvalue weighted by Crippen LogP contribution is 2.30. The second-order valence-corrected chi connectivity index (χ2v) is 7.88. The molecule has 0 saturated carbocycles. The lowest BCUT2D eigenvalue weighted by molar-refractivity contribution is 0.454. The number of nitrogens with zero attached hydrogens (tertiary/aromatic N) is 1. The zero-order chi connectivity index (χ0) is 12.5. The van der Waals surface area contributed by atoms with E-state index in [0.717, 1.165) is 17.7 Å². The summed E-state index contributed by atoms with van der Waals surface area (Å²) in [6.07, 6.45) is 2.02. The minimum atomic E-state index is -3.28. The van der Waals surface area contributed by atoms with E-state index in [1.165, 1.54) is 11.3 Å². The van der Waals surface area contributed by atoms with Crippen molar-refractivity contribution in [2.45, 2.75) is 29.9 Å². The average Bonchev–Trinajstić information content (AvgIpc) is 2.98. The van der Waals surface area contributed by atoms with Crippen LogP contribution in [0, 0.1) is 5.92 Å². The molecule has 1 atom stereocenters. The SMILES string of the molecule is CCC1CCN(S(=O)(=O)c2ccc(CCl)s2)C1. The summed E-state index contributed by atoms with van der Waals surface area (Å²) in [7, 11) is -3.28. The van der Waals surface area contributed by atoms with Crippen LogP contribution in [0.4, 0.5) is 0 Å². The van der Waals surface area contributed by atoms with E-state index in [1.54, 1.807) is 16.4 Å². The van der Waals surface area contributed by atoms with Gasteiger partial charge in [0.05, 0.1) is 5.88 Å². The maximum Gasteiger partial charge on any atom is 0.252 e. The fraction of sp³-hybridized carbons (Fsp3) is 0.636. The molecule has 0 N–H and O–H groups in total. The number of halogens is 1. The van der Waals surface area contributed by atoms with Crippen LogP contribution in [0.2, 0.25) is 0 Å². The molecule has 1 fully saturated rings. The largest absolute Gasteiger partial charge is 0.252 e. The Kier molecular flexibility index (Phi) is 4.13. The topological polar surface area (TPSA) is 37.4 Å². The minimum Gasteiger partial charge on any atom is -0.206 e. The van der Waals surface area contributed by atoms with Gasteiger partial charge in [-0.3, -0.25) is 0 Å². The van der Waals surface area contributed by atoms with Gasteiger partial charge in [0.2, 0.25) is 0 Å². The summed E-state index contributed by atoms with van der Waals surface area (Å²) in [6, 6.07) is 3.45. The molecule has 2 heterocycles. The predicted molar refractivity (Wildman–Crippen MR) is 71.0 cm³/mol. The van der Waals surface area contributed by atoms with Gasteiger partial charge in [-0.05, 0) is 24.5 Å². The van der Waals surface area contributed by atoms with Crippen LogP contribution in [0.1, 0.15) is 24.6 Å². The van der Waals surface area contributed by atoms with Crippen LogP contribution < -0.4 is 0 Å². The number of rotatable bonds is 4. The molecule has 96 valence electrons. The highest BCUT2D eigenvalue weighted by Gasteiger charge is 2.32. The van der Waals surface area contributed by atoms with E-state index in [1.807, 2.05) is 0 Å². The van der Waals surface area contributed by atoms with Crippen molar-refractivity contribution < 1.29 is 8.42 Å². The quantitative estimate of drug-likeness (QED) is 0.801. The summed E-state index contributed by atoms with van der Waals surface area (Å²) in [6.45, 7) is 3.42. The molecule has 1 aromatic rings. The zero-order valence-corrected chi connectivity index (χ0v) is 12.1. The Morgan fingerprint density at radius 3 is 2.82 bits per heavy atom. The molecule has 0 aliphatic carbocycles. The van der Waals surface area contributed by atoms with Crippen molar-refractivity contribution in [3.05, 3.63) is 17.0 Å². The summed E-state index contributed by atoms with van der Waals surface area (Å²) >= 11 is 6.97. The van der Waals surface area contributed by atoms with Gasteiger partial charge in [0, 0.05) is 18.0 Å². The molecule has 0 aromatic carbocycles. The number of sulfonamides is 1. The van der Waals surface area contributed by atoms with Gasteiger partial charge in [0.15, 0.2) is 0 Å². The van der Waals surface area contributed by atoms with Gasteiger partial charge >= 0.3 is 0 Å². The first-order valence-electron chi connectivity index (χ1n) is 5.72. The van der Waals surface area contributed by atoms with Crippen molar-refractivity contribution in [1.29, 1.82) is 0 Å². The third kappa shape index (κ3) is 2.67. The fourth-order valence-corrected chi connectivity index (χ4v) is 5.19.